The molecule has 0 saturated carbocycles. The van der Waals surface area contributed by atoms with E-state index in [9.17, 15) is 27.6 Å². The third kappa shape index (κ3) is 5.57. The van der Waals surface area contributed by atoms with E-state index in [1.54, 1.807) is 56.3 Å². The molecule has 2 aromatic carbocycles. The number of nitrogens with two attached hydrogens (primary N) is 1. The van der Waals surface area contributed by atoms with E-state index in [-0.39, 0.29) is 42.3 Å². The van der Waals surface area contributed by atoms with Crippen molar-refractivity contribution < 1.29 is 37.0 Å². The molecule has 1 aromatic heterocycles. The van der Waals surface area contributed by atoms with Gasteiger partial charge >= 0.3 is 18.1 Å². The summed E-state index contributed by atoms with van der Waals surface area (Å²) in [4.78, 5) is 47.3. The number of pyridine rings is 1. The van der Waals surface area contributed by atoms with Gasteiger partial charge in [-0.1, -0.05) is 36.4 Å². The van der Waals surface area contributed by atoms with Gasteiger partial charge < -0.3 is 15.2 Å². The van der Waals surface area contributed by atoms with Crippen molar-refractivity contribution >= 4 is 23.4 Å². The summed E-state index contributed by atoms with van der Waals surface area (Å²) < 4.78 is 51.1. The first-order valence-corrected chi connectivity index (χ1v) is 14.1. The number of benzene rings is 2. The molecule has 2 aliphatic rings. The van der Waals surface area contributed by atoms with Gasteiger partial charge in [-0.05, 0) is 61.7 Å². The normalized spacial score (nSPS) is 20.3. The van der Waals surface area contributed by atoms with Gasteiger partial charge in [0, 0.05) is 35.3 Å². The summed E-state index contributed by atoms with van der Waals surface area (Å²) in [5.74, 6) is -5.23. The number of ether oxygens (including phenoxy) is 2. The van der Waals surface area contributed by atoms with Crippen LogP contribution in [0.5, 0.6) is 0 Å². The quantitative estimate of drug-likeness (QED) is 0.273. The minimum absolute atomic E-state index is 0.00294. The number of ketones is 1. The second-order valence-electron chi connectivity index (χ2n) is 10.3. The van der Waals surface area contributed by atoms with Crippen molar-refractivity contribution in [2.24, 2.45) is 11.7 Å². The molecule has 11 heteroatoms. The Labute approximate surface area is 252 Å². The summed E-state index contributed by atoms with van der Waals surface area (Å²) in [5, 5.41) is 0. The largest absolute Gasteiger partial charge is 0.465 e. The molecule has 5 rings (SSSR count). The third-order valence-electron chi connectivity index (χ3n) is 7.77. The van der Waals surface area contributed by atoms with Gasteiger partial charge in [-0.25, -0.2) is 4.79 Å². The average molecular weight is 606 g/mol. The molecule has 3 atom stereocenters. The lowest BCUT2D eigenvalue weighted by molar-refractivity contribution is -0.152. The van der Waals surface area contributed by atoms with E-state index in [2.05, 4.69) is 4.98 Å². The topological polar surface area (TPSA) is 112 Å². The van der Waals surface area contributed by atoms with Crippen molar-refractivity contribution in [2.75, 3.05) is 18.1 Å². The standard InChI is InChI=1S/C33H30F3N3O5/c1-3-43-31(41)26-23(19-9-6-5-7-10-19)17-24-27(29(26)40)25(20-11-8-16-38-18-20)28(32(42)44-4-2)30(37)39(24)22-14-12-21(13-15-22)33(34,35)36/h5-16,18,23,25-26H,3-4,17,37H2,1-2H3. The molecule has 3 aromatic rings. The lowest BCUT2D eigenvalue weighted by Crippen LogP contribution is -2.46. The number of anilines is 1. The van der Waals surface area contributed by atoms with Crippen LogP contribution in [0.4, 0.5) is 18.9 Å². The lowest BCUT2D eigenvalue weighted by atomic mass is 9.67. The fourth-order valence-corrected chi connectivity index (χ4v) is 5.93. The van der Waals surface area contributed by atoms with Gasteiger partial charge in [0.15, 0.2) is 5.78 Å². The first-order chi connectivity index (χ1) is 21.1. The smallest absolute Gasteiger partial charge is 0.416 e. The highest BCUT2D eigenvalue weighted by molar-refractivity contribution is 6.14. The molecule has 1 aliphatic carbocycles. The molecule has 0 bridgehead atoms. The maximum absolute atomic E-state index is 14.7. The van der Waals surface area contributed by atoms with Gasteiger partial charge in [-0.2, -0.15) is 13.2 Å². The Morgan fingerprint density at radius 2 is 1.61 bits per heavy atom. The summed E-state index contributed by atoms with van der Waals surface area (Å²) in [6.07, 6.45) is -1.47. The second-order valence-corrected chi connectivity index (χ2v) is 10.3. The van der Waals surface area contributed by atoms with Crippen LogP contribution >= 0.6 is 0 Å². The van der Waals surface area contributed by atoms with Crippen LogP contribution in [-0.4, -0.2) is 35.9 Å². The lowest BCUT2D eigenvalue weighted by Gasteiger charge is -2.44. The van der Waals surface area contributed by atoms with E-state index in [0.29, 0.717) is 16.8 Å². The Morgan fingerprint density at radius 3 is 2.20 bits per heavy atom. The van der Waals surface area contributed by atoms with Gasteiger partial charge in [0.05, 0.1) is 30.3 Å². The SMILES string of the molecule is CCOC(=O)C1=C(N)N(c2ccc(C(F)(F)F)cc2)C2=C(C(=O)C(C(=O)OCC)C(c3ccccc3)C2)C1c1cccnc1. The average Bonchev–Trinajstić information content (AvgIpc) is 3.01. The van der Waals surface area contributed by atoms with Crippen LogP contribution in [0.3, 0.4) is 0 Å². The molecular weight excluding hydrogens is 575 g/mol. The number of carbonyl (C=O) groups excluding carboxylic acids is 3. The summed E-state index contributed by atoms with van der Waals surface area (Å²) >= 11 is 0. The molecular formula is C33H30F3N3O5. The highest BCUT2D eigenvalue weighted by Gasteiger charge is 2.51. The molecule has 0 amide bonds. The van der Waals surface area contributed by atoms with Crippen molar-refractivity contribution in [3.8, 4) is 0 Å². The van der Waals surface area contributed by atoms with Crippen LogP contribution in [0.1, 0.15) is 48.8 Å². The van der Waals surface area contributed by atoms with E-state index in [4.69, 9.17) is 15.2 Å². The molecule has 228 valence electrons. The van der Waals surface area contributed by atoms with E-state index >= 15 is 0 Å². The third-order valence-corrected chi connectivity index (χ3v) is 7.77. The Balaban J connectivity index is 1.80. The Hall–Kier alpha value is -4.93. The van der Waals surface area contributed by atoms with Gasteiger partial charge in [0.25, 0.3) is 0 Å². The zero-order valence-electron chi connectivity index (χ0n) is 24.0. The van der Waals surface area contributed by atoms with Crippen LogP contribution in [0.2, 0.25) is 0 Å². The number of hydrogen-bond acceptors (Lipinski definition) is 8. The number of halogens is 3. The Kier molecular flexibility index (Phi) is 8.57. The zero-order valence-corrected chi connectivity index (χ0v) is 24.0. The fourth-order valence-electron chi connectivity index (χ4n) is 5.93. The first kappa shape index (κ1) is 30.5. The summed E-state index contributed by atoms with van der Waals surface area (Å²) in [5.41, 5.74) is 7.56. The van der Waals surface area contributed by atoms with Crippen molar-refractivity contribution in [3.05, 3.63) is 118 Å². The minimum Gasteiger partial charge on any atom is -0.465 e. The highest BCUT2D eigenvalue weighted by atomic mass is 19.4. The number of alkyl halides is 3. The van der Waals surface area contributed by atoms with Crippen molar-refractivity contribution in [3.63, 3.8) is 0 Å². The zero-order chi connectivity index (χ0) is 31.6. The Morgan fingerprint density at radius 1 is 0.955 bits per heavy atom. The molecule has 44 heavy (non-hydrogen) atoms. The number of Topliss-reactive ketones (excluding diaryl/α,β-unsaturated/α-hetero) is 1. The molecule has 3 unspecified atom stereocenters. The maximum atomic E-state index is 14.7. The summed E-state index contributed by atoms with van der Waals surface area (Å²) in [6.45, 7) is 3.29. The molecule has 0 radical (unpaired) electrons. The maximum Gasteiger partial charge on any atom is 0.416 e. The van der Waals surface area contributed by atoms with E-state index in [0.717, 1.165) is 12.1 Å². The van der Waals surface area contributed by atoms with Crippen LogP contribution in [-0.2, 0) is 30.0 Å². The first-order valence-electron chi connectivity index (χ1n) is 14.1. The molecule has 0 fully saturated rings. The fraction of sp³-hybridized carbons (Fsp3) is 0.273. The van der Waals surface area contributed by atoms with Gasteiger partial charge in [0.2, 0.25) is 0 Å². The van der Waals surface area contributed by atoms with Crippen LogP contribution in [0.15, 0.2) is 102 Å². The number of aromatic nitrogens is 1. The summed E-state index contributed by atoms with van der Waals surface area (Å²) in [6, 6.07) is 16.5. The number of carbonyl (C=O) groups is 3. The molecule has 2 N–H and O–H groups in total. The van der Waals surface area contributed by atoms with Crippen LogP contribution in [0.25, 0.3) is 0 Å². The predicted octanol–water partition coefficient (Wildman–Crippen LogP) is 5.63. The molecule has 0 spiro atoms. The van der Waals surface area contributed by atoms with Crippen LogP contribution < -0.4 is 10.6 Å². The Bertz CT molecular complexity index is 1620. The van der Waals surface area contributed by atoms with E-state index < -0.39 is 47.2 Å². The van der Waals surface area contributed by atoms with Crippen molar-refractivity contribution in [1.82, 2.24) is 4.98 Å². The van der Waals surface area contributed by atoms with E-state index in [1.165, 1.54) is 29.4 Å². The minimum atomic E-state index is -4.58. The number of hydrogen-bond donors (Lipinski definition) is 1. The number of nitrogens with zero attached hydrogens (tertiary/aromatic N) is 2. The second kappa shape index (κ2) is 12.4. The van der Waals surface area contributed by atoms with Gasteiger partial charge in [-0.15, -0.1) is 0 Å². The predicted molar refractivity (Wildman–Crippen MR) is 155 cm³/mol. The molecule has 1 aliphatic heterocycles. The van der Waals surface area contributed by atoms with E-state index in [1.807, 2.05) is 0 Å². The highest BCUT2D eigenvalue weighted by Crippen LogP contribution is 2.51. The van der Waals surface area contributed by atoms with Gasteiger partial charge in [-0.3, -0.25) is 19.5 Å². The molecule has 2 heterocycles. The van der Waals surface area contributed by atoms with Crippen LogP contribution in [0, 0.1) is 5.92 Å². The monoisotopic (exact) mass is 605 g/mol. The molecule has 0 saturated heterocycles. The molecule has 8 nitrogen and oxygen atoms in total. The number of allylic oxidation sites excluding steroid dienone is 2. The van der Waals surface area contributed by atoms with Crippen molar-refractivity contribution in [2.45, 2.75) is 38.3 Å². The van der Waals surface area contributed by atoms with Gasteiger partial charge in [0.1, 0.15) is 11.7 Å². The van der Waals surface area contributed by atoms with Crippen molar-refractivity contribution in [1.29, 1.82) is 0 Å². The summed E-state index contributed by atoms with van der Waals surface area (Å²) in [7, 11) is 0. The number of esters is 2. The number of rotatable bonds is 7.